The first-order chi connectivity index (χ1) is 22.0. The first-order valence-electron chi connectivity index (χ1n) is 14.7. The fraction of sp³-hybridized carbons (Fsp3) is 0.273. The van der Waals surface area contributed by atoms with Crippen molar-refractivity contribution in [1.82, 2.24) is 4.57 Å². The van der Waals surface area contributed by atoms with Crippen LogP contribution < -0.4 is 20.0 Å². The zero-order valence-electron chi connectivity index (χ0n) is 24.8. The maximum atomic E-state index is 14.0. The highest BCUT2D eigenvalue weighted by atomic mass is 32.2. The average molecular weight is 667 g/mol. The molecule has 0 spiro atoms. The summed E-state index contributed by atoms with van der Waals surface area (Å²) in [4.78, 5) is 57.9. The molecule has 2 aliphatic heterocycles. The first kappa shape index (κ1) is 31.6. The third-order valence-corrected chi connectivity index (χ3v) is 10.8. The summed E-state index contributed by atoms with van der Waals surface area (Å²) in [7, 11) is 0. The SMILES string of the molecule is CCN(CC)c1ccc(C2c3sc(=O)n(CC(=O)Nc4cccc(C(F)(F)F)c4)c3SC3C(=O)N(c4ccccc4)C(=O)C32)cc1. The number of imide groups is 1. The molecule has 3 aromatic carbocycles. The standard InChI is InChI=1S/C33H29F3N4O4S2/c1-3-38(4-2)22-15-13-19(14-16-22)25-26-27(30(43)40(29(26)42)23-11-6-5-7-12-23)45-31-28(25)46-32(44)39(31)18-24(41)37-21-10-8-9-20(17-21)33(34,35)36/h5-17,25-27H,3-4,18H2,1-2H3,(H,37,41). The van der Waals surface area contributed by atoms with Gasteiger partial charge in [0, 0.05) is 35.3 Å². The number of nitrogens with one attached hydrogen (secondary N) is 1. The Morgan fingerprint density at radius 3 is 2.26 bits per heavy atom. The lowest BCUT2D eigenvalue weighted by Crippen LogP contribution is -2.33. The third-order valence-electron chi connectivity index (χ3n) is 8.22. The molecule has 6 rings (SSSR count). The van der Waals surface area contributed by atoms with Gasteiger partial charge in [-0.25, -0.2) is 4.90 Å². The van der Waals surface area contributed by atoms with E-state index in [0.717, 1.165) is 59.6 Å². The highest BCUT2D eigenvalue weighted by Crippen LogP contribution is 2.54. The third kappa shape index (κ3) is 5.73. The Bertz CT molecular complexity index is 1850. The second-order valence-corrected chi connectivity index (χ2v) is 13.0. The van der Waals surface area contributed by atoms with Gasteiger partial charge in [-0.1, -0.05) is 59.5 Å². The normalized spacial score (nSPS) is 19.2. The van der Waals surface area contributed by atoms with Gasteiger partial charge in [0.05, 0.1) is 22.2 Å². The van der Waals surface area contributed by atoms with E-state index < -0.39 is 52.1 Å². The topological polar surface area (TPSA) is 91.7 Å². The van der Waals surface area contributed by atoms with Crippen molar-refractivity contribution >= 4 is 57.9 Å². The number of nitrogens with zero attached hydrogens (tertiary/aromatic N) is 3. The number of thioether (sulfide) groups is 1. The molecule has 238 valence electrons. The molecule has 3 heterocycles. The van der Waals surface area contributed by atoms with Gasteiger partial charge in [-0.2, -0.15) is 13.2 Å². The summed E-state index contributed by atoms with van der Waals surface area (Å²) < 4.78 is 40.9. The molecular formula is C33H29F3N4O4S2. The van der Waals surface area contributed by atoms with Crippen LogP contribution in [0.1, 0.15) is 35.8 Å². The minimum Gasteiger partial charge on any atom is -0.372 e. The molecular weight excluding hydrogens is 638 g/mol. The number of benzene rings is 3. The van der Waals surface area contributed by atoms with Crippen molar-refractivity contribution in [3.8, 4) is 0 Å². The first-order valence-corrected chi connectivity index (χ1v) is 16.4. The van der Waals surface area contributed by atoms with Crippen LogP contribution in [-0.4, -0.2) is 40.6 Å². The number of hydrogen-bond acceptors (Lipinski definition) is 7. The number of para-hydroxylation sites is 1. The Morgan fingerprint density at radius 2 is 1.61 bits per heavy atom. The number of carbonyl (C=O) groups is 3. The number of carbonyl (C=O) groups excluding carboxylic acids is 3. The summed E-state index contributed by atoms with van der Waals surface area (Å²) in [5.74, 6) is -2.92. The molecule has 3 amide bonds. The molecule has 0 aliphatic carbocycles. The molecule has 0 radical (unpaired) electrons. The highest BCUT2D eigenvalue weighted by Gasteiger charge is 2.56. The van der Waals surface area contributed by atoms with Crippen molar-refractivity contribution in [2.75, 3.05) is 28.2 Å². The molecule has 0 bridgehead atoms. The van der Waals surface area contributed by atoms with E-state index >= 15 is 0 Å². The van der Waals surface area contributed by atoms with Crippen molar-refractivity contribution in [2.45, 2.75) is 42.8 Å². The number of alkyl halides is 3. The van der Waals surface area contributed by atoms with Gasteiger partial charge in [-0.15, -0.1) is 0 Å². The molecule has 3 atom stereocenters. The minimum atomic E-state index is -4.59. The molecule has 4 aromatic rings. The number of aromatic nitrogens is 1. The maximum absolute atomic E-state index is 14.0. The molecule has 2 aliphatic rings. The quantitative estimate of drug-likeness (QED) is 0.225. The fourth-order valence-electron chi connectivity index (χ4n) is 6.04. The van der Waals surface area contributed by atoms with E-state index in [2.05, 4.69) is 24.1 Å². The zero-order chi connectivity index (χ0) is 32.7. The van der Waals surface area contributed by atoms with E-state index in [1.54, 1.807) is 30.3 Å². The molecule has 46 heavy (non-hydrogen) atoms. The number of rotatable bonds is 8. The molecule has 8 nitrogen and oxygen atoms in total. The van der Waals surface area contributed by atoms with Crippen LogP contribution in [-0.2, 0) is 27.1 Å². The van der Waals surface area contributed by atoms with Crippen molar-refractivity contribution < 1.29 is 27.6 Å². The van der Waals surface area contributed by atoms with Gasteiger partial charge in [0.2, 0.25) is 17.7 Å². The molecule has 1 N–H and O–H groups in total. The Kier molecular flexibility index (Phi) is 8.55. The zero-order valence-corrected chi connectivity index (χ0v) is 26.4. The minimum absolute atomic E-state index is 0.0640. The molecule has 0 saturated carbocycles. The lowest BCUT2D eigenvalue weighted by molar-refractivity contribution is -0.137. The van der Waals surface area contributed by atoms with Gasteiger partial charge in [-0.3, -0.25) is 23.7 Å². The fourth-order valence-corrected chi connectivity index (χ4v) is 8.82. The van der Waals surface area contributed by atoms with Crippen molar-refractivity contribution in [3.63, 3.8) is 0 Å². The Labute approximate surface area is 270 Å². The summed E-state index contributed by atoms with van der Waals surface area (Å²) in [5.41, 5.74) is 1.22. The van der Waals surface area contributed by atoms with Gasteiger partial charge in [0.25, 0.3) is 0 Å². The summed E-state index contributed by atoms with van der Waals surface area (Å²) in [6, 6.07) is 20.6. The maximum Gasteiger partial charge on any atom is 0.416 e. The van der Waals surface area contributed by atoms with Crippen LogP contribution in [0.15, 0.2) is 88.7 Å². The summed E-state index contributed by atoms with van der Waals surface area (Å²) in [5, 5.41) is 1.98. The number of anilines is 3. The van der Waals surface area contributed by atoms with Crippen LogP contribution in [0.25, 0.3) is 0 Å². The molecule has 3 unspecified atom stereocenters. The van der Waals surface area contributed by atoms with E-state index in [0.29, 0.717) is 15.6 Å². The number of thiazole rings is 1. The van der Waals surface area contributed by atoms with Gasteiger partial charge < -0.3 is 10.2 Å². The second-order valence-electron chi connectivity index (χ2n) is 10.9. The van der Waals surface area contributed by atoms with E-state index in [-0.39, 0.29) is 11.6 Å². The molecule has 1 fully saturated rings. The van der Waals surface area contributed by atoms with Crippen molar-refractivity contribution in [3.05, 3.63) is 105 Å². The van der Waals surface area contributed by atoms with Gasteiger partial charge >= 0.3 is 11.0 Å². The van der Waals surface area contributed by atoms with Crippen LogP contribution in [0.3, 0.4) is 0 Å². The number of fused-ring (bicyclic) bond motifs is 2. The Balaban J connectivity index is 1.38. The van der Waals surface area contributed by atoms with E-state index in [1.165, 1.54) is 21.6 Å². The second kappa shape index (κ2) is 12.4. The number of hydrogen-bond donors (Lipinski definition) is 1. The van der Waals surface area contributed by atoms with Crippen molar-refractivity contribution in [1.29, 1.82) is 0 Å². The molecule has 13 heteroatoms. The van der Waals surface area contributed by atoms with Crippen LogP contribution in [0.4, 0.5) is 30.2 Å². The van der Waals surface area contributed by atoms with Gasteiger partial charge in [0.1, 0.15) is 11.8 Å². The van der Waals surface area contributed by atoms with E-state index in [4.69, 9.17) is 0 Å². The van der Waals surface area contributed by atoms with Crippen LogP contribution in [0, 0.1) is 5.92 Å². The van der Waals surface area contributed by atoms with E-state index in [1.807, 2.05) is 24.3 Å². The lowest BCUT2D eigenvalue weighted by atomic mass is 9.83. The summed E-state index contributed by atoms with van der Waals surface area (Å²) >= 11 is 1.99. The van der Waals surface area contributed by atoms with Gasteiger partial charge in [0.15, 0.2) is 0 Å². The predicted octanol–water partition coefficient (Wildman–Crippen LogP) is 6.21. The summed E-state index contributed by atoms with van der Waals surface area (Å²) in [6.07, 6.45) is -4.59. The largest absolute Gasteiger partial charge is 0.416 e. The number of halogens is 3. The van der Waals surface area contributed by atoms with Crippen LogP contribution in [0.2, 0.25) is 0 Å². The van der Waals surface area contributed by atoms with Crippen LogP contribution >= 0.6 is 23.1 Å². The highest BCUT2D eigenvalue weighted by molar-refractivity contribution is 8.00. The van der Waals surface area contributed by atoms with Gasteiger partial charge in [-0.05, 0) is 61.9 Å². The molecule has 1 saturated heterocycles. The van der Waals surface area contributed by atoms with Crippen LogP contribution in [0.5, 0.6) is 0 Å². The predicted molar refractivity (Wildman–Crippen MR) is 173 cm³/mol. The van der Waals surface area contributed by atoms with E-state index in [9.17, 15) is 32.3 Å². The number of amides is 3. The lowest BCUT2D eigenvalue weighted by Gasteiger charge is -2.31. The average Bonchev–Trinajstić information content (AvgIpc) is 3.48. The smallest absolute Gasteiger partial charge is 0.372 e. The summed E-state index contributed by atoms with van der Waals surface area (Å²) in [6.45, 7) is 5.23. The Morgan fingerprint density at radius 1 is 0.913 bits per heavy atom. The Hall–Kier alpha value is -4.36. The van der Waals surface area contributed by atoms with Crippen molar-refractivity contribution in [2.24, 2.45) is 5.92 Å². The monoisotopic (exact) mass is 666 g/mol. The molecule has 1 aromatic heterocycles.